The van der Waals surface area contributed by atoms with Gasteiger partial charge in [-0.3, -0.25) is 19.2 Å². The summed E-state index contributed by atoms with van der Waals surface area (Å²) in [7, 11) is 0. The first-order chi connectivity index (χ1) is 16.8. The van der Waals surface area contributed by atoms with Crippen molar-refractivity contribution in [1.29, 1.82) is 0 Å². The lowest BCUT2D eigenvalue weighted by Crippen LogP contribution is -2.51. The van der Waals surface area contributed by atoms with Gasteiger partial charge in [0.2, 0.25) is 29.0 Å². The zero-order valence-electron chi connectivity index (χ0n) is 18.3. The van der Waals surface area contributed by atoms with Crippen molar-refractivity contribution in [2.45, 2.75) is 18.6 Å². The number of nitrogens with zero attached hydrogens (tertiary/aromatic N) is 1. The molecule has 1 unspecified atom stereocenters. The van der Waals surface area contributed by atoms with Crippen molar-refractivity contribution in [1.82, 2.24) is 0 Å². The molecule has 2 aliphatic heterocycles. The molecule has 2 saturated heterocycles. The average Bonchev–Trinajstić information content (AvgIpc) is 3.40. The van der Waals surface area contributed by atoms with Gasteiger partial charge in [-0.2, -0.15) is 0 Å². The maximum absolute atomic E-state index is 13.9. The maximum atomic E-state index is 13.9. The molecule has 0 saturated carbocycles. The van der Waals surface area contributed by atoms with Gasteiger partial charge in [0.05, 0.1) is 28.6 Å². The van der Waals surface area contributed by atoms with Crippen LogP contribution in [0.15, 0.2) is 66.7 Å². The van der Waals surface area contributed by atoms with Gasteiger partial charge in [-0.05, 0) is 42.8 Å². The van der Waals surface area contributed by atoms with Crippen molar-refractivity contribution in [2.75, 3.05) is 4.90 Å². The number of rotatable bonds is 2. The van der Waals surface area contributed by atoms with E-state index in [0.717, 1.165) is 10.5 Å². The van der Waals surface area contributed by atoms with E-state index in [1.807, 2.05) is 19.1 Å². The fourth-order valence-corrected chi connectivity index (χ4v) is 5.86. The lowest BCUT2D eigenvalue weighted by molar-refractivity contribution is -0.127. The molecule has 2 fully saturated rings. The number of imide groups is 1. The molecular formula is C27H17Cl2NO5. The van der Waals surface area contributed by atoms with Crippen LogP contribution in [0.2, 0.25) is 10.0 Å². The van der Waals surface area contributed by atoms with Crippen LogP contribution < -0.4 is 4.90 Å². The van der Waals surface area contributed by atoms with Crippen molar-refractivity contribution in [3.63, 3.8) is 0 Å². The van der Waals surface area contributed by atoms with Gasteiger partial charge in [-0.1, -0.05) is 65.2 Å². The highest BCUT2D eigenvalue weighted by Crippen LogP contribution is 2.58. The topological polar surface area (TPSA) is 80.8 Å². The second-order valence-electron chi connectivity index (χ2n) is 9.00. The molecule has 4 atom stereocenters. The number of carbonyl (C=O) groups excluding carboxylic acids is 4. The summed E-state index contributed by atoms with van der Waals surface area (Å²) in [6, 6.07) is 18.1. The molecule has 8 heteroatoms. The van der Waals surface area contributed by atoms with Gasteiger partial charge in [0.1, 0.15) is 0 Å². The molecule has 0 N–H and O–H groups in total. The predicted molar refractivity (Wildman–Crippen MR) is 129 cm³/mol. The van der Waals surface area contributed by atoms with E-state index in [4.69, 9.17) is 27.9 Å². The summed E-state index contributed by atoms with van der Waals surface area (Å²) in [5.74, 6) is -4.98. The van der Waals surface area contributed by atoms with Crippen LogP contribution in [0.4, 0.5) is 5.69 Å². The van der Waals surface area contributed by atoms with Gasteiger partial charge >= 0.3 is 0 Å². The Kier molecular flexibility index (Phi) is 4.81. The first-order valence-electron chi connectivity index (χ1n) is 11.0. The molecule has 0 aromatic heterocycles. The van der Waals surface area contributed by atoms with Crippen LogP contribution in [0.5, 0.6) is 0 Å². The fourth-order valence-electron chi connectivity index (χ4n) is 5.47. The molecule has 2 amide bonds. The first kappa shape index (κ1) is 22.2. The number of halogens is 2. The predicted octanol–water partition coefficient (Wildman–Crippen LogP) is 5.00. The molecule has 6 rings (SSSR count). The Morgan fingerprint density at radius 1 is 0.829 bits per heavy atom. The van der Waals surface area contributed by atoms with Crippen LogP contribution in [-0.2, 0) is 14.3 Å². The molecule has 0 bridgehead atoms. The third-order valence-corrected chi connectivity index (χ3v) is 7.63. The minimum absolute atomic E-state index is 0.0854. The quantitative estimate of drug-likeness (QED) is 0.361. The highest BCUT2D eigenvalue weighted by Gasteiger charge is 2.74. The number of benzene rings is 3. The average molecular weight is 506 g/mol. The third kappa shape index (κ3) is 2.88. The highest BCUT2D eigenvalue weighted by molar-refractivity contribution is 6.40. The number of carbonyl (C=O) groups is 4. The zero-order valence-corrected chi connectivity index (χ0v) is 19.8. The molecule has 3 aromatic carbocycles. The third-order valence-electron chi connectivity index (χ3n) is 7.07. The lowest BCUT2D eigenvalue weighted by Gasteiger charge is -2.27. The van der Waals surface area contributed by atoms with Gasteiger partial charge in [-0.25, -0.2) is 4.90 Å². The standard InChI is InChI=1S/C27H17Cl2NO5/c1-13-6-8-14(9-7-13)22-20-21(26(34)30(25(20)33)19-5-3-2-4-18(19)29)27(35-22)23(31)16-11-10-15(28)12-17(16)24(27)32/h2-12,20-22H,1H3/t20-,21-,22-,27?/m1/s1. The van der Waals surface area contributed by atoms with Gasteiger partial charge in [0.25, 0.3) is 0 Å². The summed E-state index contributed by atoms with van der Waals surface area (Å²) >= 11 is 12.4. The summed E-state index contributed by atoms with van der Waals surface area (Å²) in [4.78, 5) is 56.3. The Hall–Kier alpha value is -3.32. The summed E-state index contributed by atoms with van der Waals surface area (Å²) in [6.45, 7) is 1.91. The van der Waals surface area contributed by atoms with E-state index >= 15 is 0 Å². The Morgan fingerprint density at radius 2 is 1.51 bits per heavy atom. The Morgan fingerprint density at radius 3 is 2.23 bits per heavy atom. The minimum atomic E-state index is -2.16. The summed E-state index contributed by atoms with van der Waals surface area (Å²) in [6.07, 6.45) is -0.984. The number of anilines is 1. The van der Waals surface area contributed by atoms with Crippen LogP contribution in [0.1, 0.15) is 37.9 Å². The van der Waals surface area contributed by atoms with Crippen molar-refractivity contribution in [2.24, 2.45) is 11.8 Å². The second kappa shape index (κ2) is 7.59. The number of hydrogen-bond acceptors (Lipinski definition) is 5. The van der Waals surface area contributed by atoms with Crippen molar-refractivity contribution < 1.29 is 23.9 Å². The zero-order chi connectivity index (χ0) is 24.6. The lowest BCUT2D eigenvalue weighted by atomic mass is 9.77. The van der Waals surface area contributed by atoms with E-state index in [2.05, 4.69) is 0 Å². The maximum Gasteiger partial charge on any atom is 0.241 e. The summed E-state index contributed by atoms with van der Waals surface area (Å²) < 4.78 is 6.26. The number of ketones is 2. The van der Waals surface area contributed by atoms with Gasteiger partial charge in [0.15, 0.2) is 0 Å². The Bertz CT molecular complexity index is 1470. The molecule has 3 aromatic rings. The van der Waals surface area contributed by atoms with Crippen LogP contribution in [-0.4, -0.2) is 29.0 Å². The van der Waals surface area contributed by atoms with E-state index in [0.29, 0.717) is 5.56 Å². The van der Waals surface area contributed by atoms with Gasteiger partial charge < -0.3 is 4.74 Å². The van der Waals surface area contributed by atoms with Crippen molar-refractivity contribution in [3.05, 3.63) is 99.0 Å². The number of hydrogen-bond donors (Lipinski definition) is 0. The van der Waals surface area contributed by atoms with Crippen molar-refractivity contribution in [3.8, 4) is 0 Å². The molecule has 35 heavy (non-hydrogen) atoms. The molecule has 174 valence electrons. The van der Waals surface area contributed by atoms with E-state index in [-0.39, 0.29) is 26.9 Å². The normalized spacial score (nSPS) is 27.2. The number of ether oxygens (including phenoxy) is 1. The molecular weight excluding hydrogens is 489 g/mol. The largest absolute Gasteiger partial charge is 0.349 e. The molecule has 1 aliphatic carbocycles. The Balaban J connectivity index is 1.56. The second-order valence-corrected chi connectivity index (χ2v) is 9.84. The molecule has 1 spiro atoms. The fraction of sp³-hybridized carbons (Fsp3) is 0.185. The monoisotopic (exact) mass is 505 g/mol. The molecule has 3 aliphatic rings. The van der Waals surface area contributed by atoms with E-state index in [9.17, 15) is 19.2 Å². The van der Waals surface area contributed by atoms with E-state index < -0.39 is 46.9 Å². The smallest absolute Gasteiger partial charge is 0.241 e. The number of amides is 2. The van der Waals surface area contributed by atoms with Crippen LogP contribution >= 0.6 is 23.2 Å². The van der Waals surface area contributed by atoms with Gasteiger partial charge in [-0.15, -0.1) is 0 Å². The van der Waals surface area contributed by atoms with E-state index in [1.54, 1.807) is 36.4 Å². The summed E-state index contributed by atoms with van der Waals surface area (Å²) in [5, 5.41) is 0.480. The highest BCUT2D eigenvalue weighted by atomic mass is 35.5. The van der Waals surface area contributed by atoms with Gasteiger partial charge in [0, 0.05) is 16.1 Å². The van der Waals surface area contributed by atoms with Crippen LogP contribution in [0.25, 0.3) is 0 Å². The number of Topliss-reactive ketones (excluding diaryl/α,β-unsaturated/α-hetero) is 2. The molecule has 0 radical (unpaired) electrons. The Labute approximate surface area is 210 Å². The number of fused-ring (bicyclic) bond motifs is 3. The van der Waals surface area contributed by atoms with E-state index in [1.165, 1.54) is 18.2 Å². The first-order valence-corrected chi connectivity index (χ1v) is 11.8. The SMILES string of the molecule is Cc1ccc([C@H]2OC3(C(=O)c4ccc(Cl)cc4C3=O)[C@H]3C(=O)N(c4ccccc4Cl)C(=O)[C@@H]23)cc1. The molecule has 2 heterocycles. The van der Waals surface area contributed by atoms with Crippen LogP contribution in [0.3, 0.4) is 0 Å². The van der Waals surface area contributed by atoms with Crippen molar-refractivity contribution >= 4 is 52.3 Å². The minimum Gasteiger partial charge on any atom is -0.349 e. The number of aryl methyl sites for hydroxylation is 1. The number of para-hydroxylation sites is 1. The summed E-state index contributed by atoms with van der Waals surface area (Å²) in [5.41, 5.74) is -0.161. The van der Waals surface area contributed by atoms with Crippen LogP contribution in [0, 0.1) is 18.8 Å². The molecule has 6 nitrogen and oxygen atoms in total.